The molecule has 138 valence electrons. The normalized spacial score (nSPS) is 21.0. The lowest BCUT2D eigenvalue weighted by atomic mass is 9.78. The van der Waals surface area contributed by atoms with Crippen LogP contribution in [0.4, 0.5) is 0 Å². The molecule has 1 saturated carbocycles. The van der Waals surface area contributed by atoms with Crippen molar-refractivity contribution in [3.63, 3.8) is 0 Å². The minimum Gasteiger partial charge on any atom is -0.490 e. The summed E-state index contributed by atoms with van der Waals surface area (Å²) in [6.07, 6.45) is 16.7. The molecule has 26 heavy (non-hydrogen) atoms. The predicted octanol–water partition coefficient (Wildman–Crippen LogP) is 7.42. The average molecular weight is 349 g/mol. The number of benzene rings is 2. The van der Waals surface area contributed by atoms with E-state index >= 15 is 0 Å². The molecule has 1 nitrogen and oxygen atoms in total. The van der Waals surface area contributed by atoms with E-state index in [1.54, 1.807) is 0 Å². The number of rotatable bonds is 7. The molecular weight excluding hydrogens is 316 g/mol. The molecule has 0 aliphatic heterocycles. The van der Waals surface area contributed by atoms with E-state index in [1.165, 1.54) is 54.9 Å². The molecule has 0 radical (unpaired) electrons. The van der Waals surface area contributed by atoms with Crippen LogP contribution in [0.25, 0.3) is 10.8 Å². The first-order chi connectivity index (χ1) is 12.8. The molecule has 0 unspecified atom stereocenters. The van der Waals surface area contributed by atoms with Crippen LogP contribution >= 0.6 is 0 Å². The lowest BCUT2D eigenvalue weighted by molar-refractivity contribution is 0.363. The summed E-state index contributed by atoms with van der Waals surface area (Å²) in [5.41, 5.74) is 1.51. The Labute approximate surface area is 158 Å². The van der Waals surface area contributed by atoms with Crippen molar-refractivity contribution >= 4 is 10.8 Å². The summed E-state index contributed by atoms with van der Waals surface area (Å²) in [7, 11) is 0. The molecule has 0 spiro atoms. The van der Waals surface area contributed by atoms with Crippen LogP contribution in [0.3, 0.4) is 0 Å². The van der Waals surface area contributed by atoms with Gasteiger partial charge in [0.05, 0.1) is 0 Å². The van der Waals surface area contributed by atoms with Crippen molar-refractivity contribution in [2.45, 2.75) is 58.3 Å². The van der Waals surface area contributed by atoms with Crippen molar-refractivity contribution in [2.24, 2.45) is 5.92 Å². The van der Waals surface area contributed by atoms with Gasteiger partial charge in [-0.3, -0.25) is 0 Å². The van der Waals surface area contributed by atoms with E-state index in [9.17, 15) is 0 Å². The second-order valence-corrected chi connectivity index (χ2v) is 7.48. The summed E-state index contributed by atoms with van der Waals surface area (Å²) < 4.78 is 5.76. The van der Waals surface area contributed by atoms with Gasteiger partial charge < -0.3 is 4.74 Å². The van der Waals surface area contributed by atoms with Gasteiger partial charge in [0.15, 0.2) is 0 Å². The molecular formula is C25H32O. The Morgan fingerprint density at radius 2 is 1.73 bits per heavy atom. The predicted molar refractivity (Wildman–Crippen MR) is 113 cm³/mol. The Bertz CT molecular complexity index is 748. The van der Waals surface area contributed by atoms with Crippen LogP contribution in [0.2, 0.25) is 0 Å². The zero-order chi connectivity index (χ0) is 18.2. The van der Waals surface area contributed by atoms with Crippen molar-refractivity contribution in [1.82, 2.24) is 0 Å². The molecule has 1 aliphatic rings. The van der Waals surface area contributed by atoms with Crippen LogP contribution in [0.1, 0.15) is 63.9 Å². The first-order valence-corrected chi connectivity index (χ1v) is 10.2. The number of fused-ring (bicyclic) bond motifs is 1. The van der Waals surface area contributed by atoms with E-state index in [0.717, 1.165) is 17.6 Å². The van der Waals surface area contributed by atoms with Gasteiger partial charge in [0.2, 0.25) is 0 Å². The number of ether oxygens (including phenoxy) is 1. The summed E-state index contributed by atoms with van der Waals surface area (Å²) in [4.78, 5) is 0. The lowest BCUT2D eigenvalue weighted by Crippen LogP contribution is -2.11. The van der Waals surface area contributed by atoms with Gasteiger partial charge >= 0.3 is 0 Å². The van der Waals surface area contributed by atoms with Crippen LogP contribution in [-0.4, -0.2) is 6.61 Å². The van der Waals surface area contributed by atoms with Crippen molar-refractivity contribution in [3.05, 3.63) is 66.3 Å². The molecule has 0 atom stereocenters. The highest BCUT2D eigenvalue weighted by Gasteiger charge is 2.20. The molecule has 2 aromatic carbocycles. The van der Waals surface area contributed by atoms with E-state index in [-0.39, 0.29) is 0 Å². The lowest BCUT2D eigenvalue weighted by Gasteiger charge is -2.27. The van der Waals surface area contributed by atoms with Gasteiger partial charge in [0, 0.05) is 0 Å². The molecule has 0 heterocycles. The van der Waals surface area contributed by atoms with Gasteiger partial charge in [-0.2, -0.15) is 0 Å². The summed E-state index contributed by atoms with van der Waals surface area (Å²) in [6, 6.07) is 13.4. The smallest absolute Gasteiger partial charge is 0.120 e. The summed E-state index contributed by atoms with van der Waals surface area (Å²) >= 11 is 0. The van der Waals surface area contributed by atoms with Gasteiger partial charge in [-0.15, -0.1) is 0 Å². The first-order valence-electron chi connectivity index (χ1n) is 10.2. The van der Waals surface area contributed by atoms with E-state index in [0.29, 0.717) is 6.61 Å². The SMILES string of the molecule is CC=CCOc1ccc2cc(C3CCC(/C=C/CCC)CC3)ccc2c1. The van der Waals surface area contributed by atoms with Gasteiger partial charge in [0.1, 0.15) is 12.4 Å². The van der Waals surface area contributed by atoms with E-state index in [4.69, 9.17) is 4.74 Å². The third kappa shape index (κ3) is 5.00. The largest absolute Gasteiger partial charge is 0.490 e. The Morgan fingerprint density at radius 3 is 2.50 bits per heavy atom. The van der Waals surface area contributed by atoms with E-state index < -0.39 is 0 Å². The number of unbranched alkanes of at least 4 members (excludes halogenated alkanes) is 1. The molecule has 0 amide bonds. The van der Waals surface area contributed by atoms with Gasteiger partial charge in [-0.1, -0.05) is 61.9 Å². The van der Waals surface area contributed by atoms with Crippen LogP contribution in [0.15, 0.2) is 60.7 Å². The number of hydrogen-bond donors (Lipinski definition) is 0. The minimum absolute atomic E-state index is 0.635. The zero-order valence-electron chi connectivity index (χ0n) is 16.3. The highest BCUT2D eigenvalue weighted by molar-refractivity contribution is 5.84. The molecule has 0 N–H and O–H groups in total. The molecule has 1 heteroatoms. The highest BCUT2D eigenvalue weighted by atomic mass is 16.5. The van der Waals surface area contributed by atoms with Gasteiger partial charge in [0.25, 0.3) is 0 Å². The zero-order valence-corrected chi connectivity index (χ0v) is 16.3. The number of hydrogen-bond acceptors (Lipinski definition) is 1. The monoisotopic (exact) mass is 348 g/mol. The minimum atomic E-state index is 0.635. The van der Waals surface area contributed by atoms with E-state index in [2.05, 4.69) is 55.5 Å². The molecule has 2 aromatic rings. The average Bonchev–Trinajstić information content (AvgIpc) is 2.68. The maximum Gasteiger partial charge on any atom is 0.120 e. The summed E-state index contributed by atoms with van der Waals surface area (Å²) in [5.74, 6) is 2.47. The van der Waals surface area contributed by atoms with Crippen LogP contribution in [0, 0.1) is 5.92 Å². The Morgan fingerprint density at radius 1 is 0.962 bits per heavy atom. The highest BCUT2D eigenvalue weighted by Crippen LogP contribution is 2.37. The van der Waals surface area contributed by atoms with Crippen LogP contribution < -0.4 is 4.74 Å². The Hall–Kier alpha value is -2.02. The van der Waals surface area contributed by atoms with Gasteiger partial charge in [-0.05, 0) is 79.3 Å². The quantitative estimate of drug-likeness (QED) is 0.473. The van der Waals surface area contributed by atoms with Crippen molar-refractivity contribution < 1.29 is 4.74 Å². The maximum atomic E-state index is 5.76. The fraction of sp³-hybridized carbons (Fsp3) is 0.440. The standard InChI is InChI=1S/C25H32O/c1-3-5-7-8-20-9-11-21(12-10-20)22-13-14-24-19-25(26-17-6-4-2)16-15-23(24)18-22/h4,6-8,13-16,18-21H,3,5,9-12,17H2,1-2H3/b6-4?,8-7+. The molecule has 0 saturated heterocycles. The molecule has 1 fully saturated rings. The Balaban J connectivity index is 1.63. The number of allylic oxidation sites excluding steroid dienone is 3. The third-order valence-corrected chi connectivity index (χ3v) is 5.52. The first kappa shape index (κ1) is 18.8. The Kier molecular flexibility index (Phi) is 6.94. The third-order valence-electron chi connectivity index (χ3n) is 5.52. The second kappa shape index (κ2) is 9.62. The van der Waals surface area contributed by atoms with Crippen molar-refractivity contribution in [3.8, 4) is 5.75 Å². The van der Waals surface area contributed by atoms with Crippen LogP contribution in [-0.2, 0) is 0 Å². The fourth-order valence-electron chi connectivity index (χ4n) is 3.93. The summed E-state index contributed by atoms with van der Waals surface area (Å²) in [5, 5.41) is 2.59. The van der Waals surface area contributed by atoms with Gasteiger partial charge in [-0.25, -0.2) is 0 Å². The second-order valence-electron chi connectivity index (χ2n) is 7.48. The summed E-state index contributed by atoms with van der Waals surface area (Å²) in [6.45, 7) is 4.90. The molecule has 0 aromatic heterocycles. The molecule has 0 bridgehead atoms. The molecule has 3 rings (SSSR count). The van der Waals surface area contributed by atoms with Crippen LogP contribution in [0.5, 0.6) is 5.75 Å². The maximum absolute atomic E-state index is 5.76. The molecule has 1 aliphatic carbocycles. The van der Waals surface area contributed by atoms with Crippen molar-refractivity contribution in [1.29, 1.82) is 0 Å². The van der Waals surface area contributed by atoms with Crippen molar-refractivity contribution in [2.75, 3.05) is 6.61 Å². The fourth-order valence-corrected chi connectivity index (χ4v) is 3.93. The topological polar surface area (TPSA) is 9.23 Å². The van der Waals surface area contributed by atoms with E-state index in [1.807, 2.05) is 19.1 Å².